The van der Waals surface area contributed by atoms with Crippen molar-refractivity contribution in [3.05, 3.63) is 53.6 Å². The zero-order valence-electron chi connectivity index (χ0n) is 18.9. The molecule has 2 amide bonds. The van der Waals surface area contributed by atoms with Gasteiger partial charge >= 0.3 is 0 Å². The zero-order chi connectivity index (χ0) is 23.2. The molecule has 5 rings (SSSR count). The summed E-state index contributed by atoms with van der Waals surface area (Å²) in [6.45, 7) is 3.46. The molecule has 0 spiro atoms. The quantitative estimate of drug-likeness (QED) is 0.695. The number of piperidine rings is 1. The molecule has 0 radical (unpaired) electrons. The molecule has 3 aliphatic rings. The van der Waals surface area contributed by atoms with E-state index in [0.717, 1.165) is 36.2 Å². The van der Waals surface area contributed by atoms with E-state index in [1.165, 1.54) is 16.8 Å². The summed E-state index contributed by atoms with van der Waals surface area (Å²) in [5.41, 5.74) is 3.80. The predicted octanol–water partition coefficient (Wildman–Crippen LogP) is 2.98. The summed E-state index contributed by atoms with van der Waals surface area (Å²) in [6.07, 6.45) is 3.75. The Morgan fingerprint density at radius 2 is 1.67 bits per heavy atom. The van der Waals surface area contributed by atoms with Crippen LogP contribution in [-0.2, 0) is 32.5 Å². The Morgan fingerprint density at radius 3 is 2.48 bits per heavy atom. The standard InChI is InChI=1S/C25H29N3O4S/c1-18(29)27-14-5-7-20-16-22(10-11-24(20)27)33(31,32)26-13-4-8-21(17-26)25(30)28-15-12-19-6-2-3-9-23(19)28/h2-3,6,9-11,16,21H,4-5,7-8,12-15,17H2,1H3/t21-/m0/s1. The molecule has 0 aliphatic carbocycles. The van der Waals surface area contributed by atoms with Crippen LogP contribution in [0.4, 0.5) is 11.4 Å². The van der Waals surface area contributed by atoms with Gasteiger partial charge in [0.25, 0.3) is 0 Å². The van der Waals surface area contributed by atoms with Crippen molar-refractivity contribution in [1.82, 2.24) is 4.31 Å². The zero-order valence-corrected chi connectivity index (χ0v) is 19.7. The number of carbonyl (C=O) groups is 2. The van der Waals surface area contributed by atoms with Crippen molar-refractivity contribution >= 4 is 33.2 Å². The minimum absolute atomic E-state index is 0.0161. The van der Waals surface area contributed by atoms with Crippen LogP contribution in [0.1, 0.15) is 37.3 Å². The van der Waals surface area contributed by atoms with Crippen LogP contribution in [0.5, 0.6) is 0 Å². The second-order valence-electron chi connectivity index (χ2n) is 9.14. The lowest BCUT2D eigenvalue weighted by Crippen LogP contribution is -2.46. The Bertz CT molecular complexity index is 1210. The molecule has 3 aliphatic heterocycles. The van der Waals surface area contributed by atoms with Crippen molar-refractivity contribution in [2.75, 3.05) is 36.0 Å². The molecule has 7 nitrogen and oxygen atoms in total. The molecule has 0 saturated carbocycles. The Hall–Kier alpha value is -2.71. The minimum Gasteiger partial charge on any atom is -0.312 e. The molecule has 0 aromatic heterocycles. The maximum absolute atomic E-state index is 13.5. The smallest absolute Gasteiger partial charge is 0.243 e. The fourth-order valence-electron chi connectivity index (χ4n) is 5.36. The van der Waals surface area contributed by atoms with Gasteiger partial charge in [0, 0.05) is 44.5 Å². The molecule has 1 atom stereocenters. The van der Waals surface area contributed by atoms with Crippen LogP contribution in [0.15, 0.2) is 47.4 Å². The number of fused-ring (bicyclic) bond motifs is 2. The van der Waals surface area contributed by atoms with Gasteiger partial charge in [0.2, 0.25) is 21.8 Å². The van der Waals surface area contributed by atoms with Crippen LogP contribution in [-0.4, -0.2) is 50.7 Å². The Labute approximate surface area is 195 Å². The topological polar surface area (TPSA) is 78.0 Å². The van der Waals surface area contributed by atoms with E-state index in [1.807, 2.05) is 29.2 Å². The van der Waals surface area contributed by atoms with Crippen LogP contribution in [0, 0.1) is 5.92 Å². The number of benzene rings is 2. The Kier molecular flexibility index (Phi) is 5.74. The number of anilines is 2. The summed E-state index contributed by atoms with van der Waals surface area (Å²) in [7, 11) is -3.72. The number of nitrogens with zero attached hydrogens (tertiary/aromatic N) is 3. The summed E-state index contributed by atoms with van der Waals surface area (Å²) in [5, 5.41) is 0. The molecule has 33 heavy (non-hydrogen) atoms. The number of sulfonamides is 1. The number of carbonyl (C=O) groups excluding carboxylic acids is 2. The normalized spacial score (nSPS) is 20.9. The number of rotatable bonds is 3. The molecule has 0 N–H and O–H groups in total. The highest BCUT2D eigenvalue weighted by atomic mass is 32.2. The molecular formula is C25H29N3O4S. The van der Waals surface area contributed by atoms with Gasteiger partial charge in [-0.25, -0.2) is 8.42 Å². The number of hydrogen-bond donors (Lipinski definition) is 0. The molecule has 8 heteroatoms. The highest BCUT2D eigenvalue weighted by Crippen LogP contribution is 2.34. The van der Waals surface area contributed by atoms with E-state index in [4.69, 9.17) is 0 Å². The van der Waals surface area contributed by atoms with Gasteiger partial charge in [-0.1, -0.05) is 18.2 Å². The number of aryl methyl sites for hydroxylation is 1. The van der Waals surface area contributed by atoms with E-state index >= 15 is 0 Å². The van der Waals surface area contributed by atoms with E-state index < -0.39 is 10.0 Å². The fraction of sp³-hybridized carbons (Fsp3) is 0.440. The fourth-order valence-corrected chi connectivity index (χ4v) is 6.93. The minimum atomic E-state index is -3.72. The van der Waals surface area contributed by atoms with Crippen molar-refractivity contribution in [3.8, 4) is 0 Å². The van der Waals surface area contributed by atoms with Gasteiger partial charge < -0.3 is 9.80 Å². The lowest BCUT2D eigenvalue weighted by molar-refractivity contribution is -0.123. The third-order valence-electron chi connectivity index (χ3n) is 7.07. The Morgan fingerprint density at radius 1 is 0.879 bits per heavy atom. The van der Waals surface area contributed by atoms with Gasteiger partial charge in [-0.15, -0.1) is 0 Å². The maximum Gasteiger partial charge on any atom is 0.243 e. The van der Waals surface area contributed by atoms with Crippen LogP contribution in [0.3, 0.4) is 0 Å². The van der Waals surface area contributed by atoms with Gasteiger partial charge in [-0.2, -0.15) is 4.31 Å². The van der Waals surface area contributed by atoms with Gasteiger partial charge in [0.05, 0.1) is 10.8 Å². The van der Waals surface area contributed by atoms with E-state index in [1.54, 1.807) is 23.1 Å². The van der Waals surface area contributed by atoms with Crippen LogP contribution in [0.25, 0.3) is 0 Å². The monoisotopic (exact) mass is 467 g/mol. The molecule has 174 valence electrons. The molecular weight excluding hydrogens is 438 g/mol. The van der Waals surface area contributed by atoms with Crippen molar-refractivity contribution in [1.29, 1.82) is 0 Å². The van der Waals surface area contributed by atoms with Crippen molar-refractivity contribution in [2.45, 2.75) is 43.9 Å². The number of amides is 2. The molecule has 2 aromatic rings. The first kappa shape index (κ1) is 22.1. The van der Waals surface area contributed by atoms with Crippen molar-refractivity contribution < 1.29 is 18.0 Å². The van der Waals surface area contributed by atoms with Crippen LogP contribution < -0.4 is 9.80 Å². The predicted molar refractivity (Wildman–Crippen MR) is 127 cm³/mol. The first-order chi connectivity index (χ1) is 15.9. The highest BCUT2D eigenvalue weighted by molar-refractivity contribution is 7.89. The van der Waals surface area contributed by atoms with E-state index in [-0.39, 0.29) is 29.2 Å². The summed E-state index contributed by atoms with van der Waals surface area (Å²) < 4.78 is 28.5. The summed E-state index contributed by atoms with van der Waals surface area (Å²) in [6, 6.07) is 13.0. The first-order valence-corrected chi connectivity index (χ1v) is 13.1. The molecule has 3 heterocycles. The molecule has 2 aromatic carbocycles. The van der Waals surface area contributed by atoms with Gasteiger partial charge in [-0.05, 0) is 67.5 Å². The molecule has 0 unspecified atom stereocenters. The summed E-state index contributed by atoms with van der Waals surface area (Å²) in [4.78, 5) is 29.0. The SMILES string of the molecule is CC(=O)N1CCCc2cc(S(=O)(=O)N3CCC[C@H](C(=O)N4CCc5ccccc54)C3)ccc21. The molecule has 1 fully saturated rings. The van der Waals surface area contributed by atoms with Gasteiger partial charge in [0.1, 0.15) is 0 Å². The highest BCUT2D eigenvalue weighted by Gasteiger charge is 2.37. The van der Waals surface area contributed by atoms with Gasteiger partial charge in [0.15, 0.2) is 0 Å². The summed E-state index contributed by atoms with van der Waals surface area (Å²) in [5.74, 6) is -0.361. The second-order valence-corrected chi connectivity index (χ2v) is 11.1. The Balaban J connectivity index is 1.36. The average Bonchev–Trinajstić information content (AvgIpc) is 3.27. The molecule has 1 saturated heterocycles. The van der Waals surface area contributed by atoms with Crippen LogP contribution in [0.2, 0.25) is 0 Å². The largest absolute Gasteiger partial charge is 0.312 e. The van der Waals surface area contributed by atoms with E-state index in [9.17, 15) is 18.0 Å². The van der Waals surface area contributed by atoms with E-state index in [0.29, 0.717) is 32.5 Å². The third kappa shape index (κ3) is 3.95. The van der Waals surface area contributed by atoms with Crippen LogP contribution >= 0.6 is 0 Å². The van der Waals surface area contributed by atoms with E-state index in [2.05, 4.69) is 0 Å². The lowest BCUT2D eigenvalue weighted by atomic mass is 9.98. The third-order valence-corrected chi connectivity index (χ3v) is 8.94. The maximum atomic E-state index is 13.5. The number of para-hydroxylation sites is 1. The number of hydrogen-bond acceptors (Lipinski definition) is 4. The first-order valence-electron chi connectivity index (χ1n) is 11.7. The van der Waals surface area contributed by atoms with Gasteiger partial charge in [-0.3, -0.25) is 9.59 Å². The molecule has 0 bridgehead atoms. The van der Waals surface area contributed by atoms with Crippen molar-refractivity contribution in [2.24, 2.45) is 5.92 Å². The second kappa shape index (κ2) is 8.57. The average molecular weight is 468 g/mol. The van der Waals surface area contributed by atoms with Crippen molar-refractivity contribution in [3.63, 3.8) is 0 Å². The summed E-state index contributed by atoms with van der Waals surface area (Å²) >= 11 is 0. The lowest BCUT2D eigenvalue weighted by Gasteiger charge is -2.34.